The monoisotopic (exact) mass is 298 g/mol. The van der Waals surface area contributed by atoms with Gasteiger partial charge in [0.15, 0.2) is 5.82 Å². The topological polar surface area (TPSA) is 59.1 Å². The summed E-state index contributed by atoms with van der Waals surface area (Å²) in [6, 6.07) is 0.324. The van der Waals surface area contributed by atoms with Crippen LogP contribution >= 0.6 is 11.6 Å². The zero-order valence-electron chi connectivity index (χ0n) is 12.2. The first-order valence-electron chi connectivity index (χ1n) is 7.31. The number of aromatic nitrogens is 2. The van der Waals surface area contributed by atoms with Crippen LogP contribution in [0.3, 0.4) is 0 Å². The maximum Gasteiger partial charge on any atom is 0.224 e. The zero-order valence-corrected chi connectivity index (χ0v) is 12.9. The fourth-order valence-corrected chi connectivity index (χ4v) is 2.49. The minimum Gasteiger partial charge on any atom is -0.381 e. The van der Waals surface area contributed by atoms with Gasteiger partial charge in [-0.1, -0.05) is 18.5 Å². The summed E-state index contributed by atoms with van der Waals surface area (Å²) in [7, 11) is 0. The van der Waals surface area contributed by atoms with E-state index < -0.39 is 0 Å². The number of nitrogens with zero attached hydrogens (tertiary/aromatic N) is 2. The summed E-state index contributed by atoms with van der Waals surface area (Å²) < 4.78 is 5.40. The van der Waals surface area contributed by atoms with Crippen LogP contribution in [-0.2, 0) is 4.74 Å². The van der Waals surface area contributed by atoms with Crippen LogP contribution in [0.1, 0.15) is 33.1 Å². The second-order valence-electron chi connectivity index (χ2n) is 5.20. The number of rotatable bonds is 6. The van der Waals surface area contributed by atoms with Crippen molar-refractivity contribution in [2.75, 3.05) is 30.4 Å². The lowest BCUT2D eigenvalue weighted by molar-refractivity contribution is 0.0622. The molecule has 1 aromatic heterocycles. The van der Waals surface area contributed by atoms with Crippen molar-refractivity contribution in [2.45, 2.75) is 39.2 Å². The number of anilines is 2. The molecule has 1 fully saturated rings. The molecule has 6 heteroatoms. The van der Waals surface area contributed by atoms with Crippen LogP contribution in [0.15, 0.2) is 6.20 Å². The lowest BCUT2D eigenvalue weighted by Gasteiger charge is -2.28. The van der Waals surface area contributed by atoms with Gasteiger partial charge in [-0.3, -0.25) is 0 Å². The Labute approximate surface area is 125 Å². The van der Waals surface area contributed by atoms with E-state index in [2.05, 4.69) is 34.4 Å². The Morgan fingerprint density at radius 3 is 2.90 bits per heavy atom. The number of halogens is 1. The Kier molecular flexibility index (Phi) is 5.86. The van der Waals surface area contributed by atoms with Gasteiger partial charge < -0.3 is 15.4 Å². The van der Waals surface area contributed by atoms with E-state index in [1.54, 1.807) is 6.20 Å². The van der Waals surface area contributed by atoms with E-state index in [0.29, 0.717) is 28.7 Å². The molecule has 20 heavy (non-hydrogen) atoms. The summed E-state index contributed by atoms with van der Waals surface area (Å²) in [6.07, 6.45) is 4.84. The van der Waals surface area contributed by atoms with E-state index in [1.165, 1.54) is 0 Å². The molecule has 0 spiro atoms. The maximum atomic E-state index is 6.17. The summed E-state index contributed by atoms with van der Waals surface area (Å²) in [6.45, 7) is 6.83. The second kappa shape index (κ2) is 7.64. The van der Waals surface area contributed by atoms with Gasteiger partial charge in [0.25, 0.3) is 0 Å². The minimum absolute atomic E-state index is 0.324. The fraction of sp³-hybridized carbons (Fsp3) is 0.714. The highest BCUT2D eigenvalue weighted by molar-refractivity contribution is 6.32. The van der Waals surface area contributed by atoms with Gasteiger partial charge in [0, 0.05) is 25.8 Å². The van der Waals surface area contributed by atoms with Gasteiger partial charge >= 0.3 is 0 Å². The van der Waals surface area contributed by atoms with E-state index in [-0.39, 0.29) is 0 Å². The van der Waals surface area contributed by atoms with Gasteiger partial charge in [0.1, 0.15) is 5.02 Å². The Morgan fingerprint density at radius 1 is 1.45 bits per heavy atom. The normalized spacial score (nSPS) is 17.8. The highest BCUT2D eigenvalue weighted by Crippen LogP contribution is 2.25. The van der Waals surface area contributed by atoms with Crippen molar-refractivity contribution in [3.8, 4) is 0 Å². The lowest BCUT2D eigenvalue weighted by atomic mass is 9.93. The minimum atomic E-state index is 0.324. The van der Waals surface area contributed by atoms with Crippen molar-refractivity contribution < 1.29 is 4.74 Å². The molecule has 0 amide bonds. The molecule has 2 heterocycles. The molecule has 2 N–H and O–H groups in total. The third kappa shape index (κ3) is 4.21. The van der Waals surface area contributed by atoms with E-state index in [4.69, 9.17) is 16.3 Å². The van der Waals surface area contributed by atoms with E-state index >= 15 is 0 Å². The summed E-state index contributed by atoms with van der Waals surface area (Å²) in [5.41, 5.74) is 0. The number of ether oxygens (including phenoxy) is 1. The molecule has 0 saturated carbocycles. The first-order valence-corrected chi connectivity index (χ1v) is 7.69. The summed E-state index contributed by atoms with van der Waals surface area (Å²) in [4.78, 5) is 8.63. The van der Waals surface area contributed by atoms with Crippen LogP contribution < -0.4 is 10.6 Å². The first-order chi connectivity index (χ1) is 9.70. The summed E-state index contributed by atoms with van der Waals surface area (Å²) in [5, 5.41) is 7.15. The van der Waals surface area contributed by atoms with Crippen molar-refractivity contribution >= 4 is 23.4 Å². The predicted octanol–water partition coefficient (Wildman–Crippen LogP) is 3.18. The molecule has 1 saturated heterocycles. The van der Waals surface area contributed by atoms with Crippen LogP contribution in [0.5, 0.6) is 0 Å². The lowest BCUT2D eigenvalue weighted by Crippen LogP contribution is -2.31. The van der Waals surface area contributed by atoms with Gasteiger partial charge in [0.05, 0.1) is 6.20 Å². The summed E-state index contributed by atoms with van der Waals surface area (Å²) in [5.74, 6) is 1.93. The maximum absolute atomic E-state index is 6.17. The van der Waals surface area contributed by atoms with Crippen LogP contribution in [0.2, 0.25) is 5.02 Å². The van der Waals surface area contributed by atoms with Crippen molar-refractivity contribution in [3.05, 3.63) is 11.2 Å². The highest BCUT2D eigenvalue weighted by Gasteiger charge is 2.21. The molecule has 0 radical (unpaired) electrons. The van der Waals surface area contributed by atoms with Crippen LogP contribution in [0.4, 0.5) is 11.8 Å². The molecule has 1 atom stereocenters. The van der Waals surface area contributed by atoms with E-state index in [9.17, 15) is 0 Å². The van der Waals surface area contributed by atoms with Crippen molar-refractivity contribution in [1.82, 2.24) is 9.97 Å². The Balaban J connectivity index is 1.99. The molecular formula is C14H23ClN4O. The van der Waals surface area contributed by atoms with Crippen molar-refractivity contribution in [3.63, 3.8) is 0 Å². The third-order valence-corrected chi connectivity index (χ3v) is 3.89. The van der Waals surface area contributed by atoms with Gasteiger partial charge in [-0.25, -0.2) is 4.98 Å². The average molecular weight is 299 g/mol. The first kappa shape index (κ1) is 15.3. The largest absolute Gasteiger partial charge is 0.381 e. The van der Waals surface area contributed by atoms with Crippen LogP contribution in [0, 0.1) is 5.92 Å². The SMILES string of the molecule is CCCNc1ncc(Cl)c(NC(C)C2CCOCC2)n1. The van der Waals surface area contributed by atoms with Gasteiger partial charge in [-0.05, 0) is 32.1 Å². The molecule has 1 unspecified atom stereocenters. The van der Waals surface area contributed by atoms with Gasteiger partial charge in [-0.2, -0.15) is 4.98 Å². The molecule has 2 rings (SSSR count). The number of hydrogen-bond donors (Lipinski definition) is 2. The number of nitrogens with one attached hydrogen (secondary N) is 2. The molecule has 0 aromatic carbocycles. The summed E-state index contributed by atoms with van der Waals surface area (Å²) >= 11 is 6.17. The van der Waals surface area contributed by atoms with Crippen LogP contribution in [-0.4, -0.2) is 35.8 Å². The number of hydrogen-bond acceptors (Lipinski definition) is 5. The van der Waals surface area contributed by atoms with Crippen molar-refractivity contribution in [2.24, 2.45) is 5.92 Å². The van der Waals surface area contributed by atoms with Gasteiger partial charge in [0.2, 0.25) is 5.95 Å². The fourth-order valence-electron chi connectivity index (χ4n) is 2.34. The Morgan fingerprint density at radius 2 is 2.20 bits per heavy atom. The van der Waals surface area contributed by atoms with Crippen molar-refractivity contribution in [1.29, 1.82) is 0 Å². The molecule has 0 bridgehead atoms. The van der Waals surface area contributed by atoms with Crippen LogP contribution in [0.25, 0.3) is 0 Å². The molecule has 0 aliphatic carbocycles. The Hall–Kier alpha value is -1.07. The standard InChI is InChI=1S/C14H23ClN4O/c1-3-6-16-14-17-9-12(15)13(19-14)18-10(2)11-4-7-20-8-5-11/h9-11H,3-8H2,1-2H3,(H2,16,17,18,19). The molecular weight excluding hydrogens is 276 g/mol. The predicted molar refractivity (Wildman–Crippen MR) is 82.5 cm³/mol. The highest BCUT2D eigenvalue weighted by atomic mass is 35.5. The van der Waals surface area contributed by atoms with E-state index in [1.807, 2.05) is 0 Å². The molecule has 1 aliphatic rings. The van der Waals surface area contributed by atoms with E-state index in [0.717, 1.165) is 39.0 Å². The molecule has 1 aromatic rings. The molecule has 5 nitrogen and oxygen atoms in total. The average Bonchev–Trinajstić information content (AvgIpc) is 2.49. The third-order valence-electron chi connectivity index (χ3n) is 3.61. The molecule has 112 valence electrons. The second-order valence-corrected chi connectivity index (χ2v) is 5.61. The zero-order chi connectivity index (χ0) is 14.4. The quantitative estimate of drug-likeness (QED) is 0.845. The van der Waals surface area contributed by atoms with Gasteiger partial charge in [-0.15, -0.1) is 0 Å². The Bertz CT molecular complexity index is 424. The molecule has 1 aliphatic heterocycles. The smallest absolute Gasteiger partial charge is 0.224 e.